The molecule has 18 heavy (non-hydrogen) atoms. The van der Waals surface area contributed by atoms with Gasteiger partial charge in [0.25, 0.3) is 0 Å². The molecule has 0 saturated heterocycles. The third-order valence-electron chi connectivity index (χ3n) is 2.89. The Hall–Kier alpha value is -1.32. The molecule has 2 nitrogen and oxygen atoms in total. The molecule has 1 N–H and O–H groups in total. The van der Waals surface area contributed by atoms with E-state index < -0.39 is 0 Å². The number of benzene rings is 1. The first-order valence-corrected chi connectivity index (χ1v) is 5.81. The summed E-state index contributed by atoms with van der Waals surface area (Å²) in [4.78, 5) is 0. The van der Waals surface area contributed by atoms with E-state index >= 15 is 0 Å². The van der Waals surface area contributed by atoms with E-state index in [2.05, 4.69) is 16.0 Å². The number of halogens is 2. The van der Waals surface area contributed by atoms with Gasteiger partial charge in [-0.2, -0.15) is 0 Å². The van der Waals surface area contributed by atoms with Crippen molar-refractivity contribution in [1.82, 2.24) is 9.88 Å². The highest BCUT2D eigenvalue weighted by Gasteiger charge is 2.00. The first-order valence-electron chi connectivity index (χ1n) is 5.81. The molecule has 1 heterocycles. The van der Waals surface area contributed by atoms with Crippen molar-refractivity contribution in [2.24, 2.45) is 7.05 Å². The van der Waals surface area contributed by atoms with Crippen molar-refractivity contribution in [3.05, 3.63) is 59.7 Å². The molecular weight excluding hydrogens is 251 g/mol. The number of rotatable bonds is 5. The van der Waals surface area contributed by atoms with Gasteiger partial charge < -0.3 is 22.3 Å². The lowest BCUT2D eigenvalue weighted by atomic mass is 10.1. The van der Waals surface area contributed by atoms with Crippen LogP contribution in [0.4, 0.5) is 4.39 Å². The molecule has 0 aliphatic heterocycles. The van der Waals surface area contributed by atoms with E-state index in [0.29, 0.717) is 0 Å². The molecule has 0 saturated carbocycles. The lowest BCUT2D eigenvalue weighted by molar-refractivity contribution is -0.00000415. The Kier molecular flexibility index (Phi) is 5.89. The van der Waals surface area contributed by atoms with Crippen LogP contribution in [0.5, 0.6) is 0 Å². The predicted octanol–water partition coefficient (Wildman–Crippen LogP) is -0.499. The Morgan fingerprint density at radius 1 is 1.17 bits per heavy atom. The molecule has 0 radical (unpaired) electrons. The summed E-state index contributed by atoms with van der Waals surface area (Å²) in [5.74, 6) is -0.117. The molecule has 1 aromatic carbocycles. The zero-order valence-corrected chi connectivity index (χ0v) is 11.1. The molecule has 2 rings (SSSR count). The van der Waals surface area contributed by atoms with Gasteiger partial charge in [0.2, 0.25) is 0 Å². The lowest BCUT2D eigenvalue weighted by Gasteiger charge is -2.06. The second-order valence-corrected chi connectivity index (χ2v) is 4.13. The van der Waals surface area contributed by atoms with Crippen molar-refractivity contribution in [2.45, 2.75) is 13.0 Å². The molecule has 0 aliphatic carbocycles. The van der Waals surface area contributed by atoms with Crippen LogP contribution >= 0.6 is 0 Å². The van der Waals surface area contributed by atoms with Crippen LogP contribution in [0.3, 0.4) is 0 Å². The van der Waals surface area contributed by atoms with Crippen LogP contribution < -0.4 is 17.7 Å². The van der Waals surface area contributed by atoms with Crippen LogP contribution in [0.1, 0.15) is 11.3 Å². The van der Waals surface area contributed by atoms with Crippen LogP contribution in [0.15, 0.2) is 42.6 Å². The van der Waals surface area contributed by atoms with Crippen molar-refractivity contribution < 1.29 is 16.8 Å². The topological polar surface area (TPSA) is 17.0 Å². The van der Waals surface area contributed by atoms with Crippen LogP contribution in [0.25, 0.3) is 0 Å². The fraction of sp³-hybridized carbons (Fsp3) is 0.286. The van der Waals surface area contributed by atoms with Gasteiger partial charge in [-0.15, -0.1) is 0 Å². The highest BCUT2D eigenvalue weighted by atomic mass is 35.5. The molecule has 1 aromatic heterocycles. The van der Waals surface area contributed by atoms with Gasteiger partial charge in [-0.05, 0) is 36.7 Å². The number of aryl methyl sites for hydroxylation is 1. The largest absolute Gasteiger partial charge is 1.00 e. The highest BCUT2D eigenvalue weighted by Crippen LogP contribution is 2.06. The lowest BCUT2D eigenvalue weighted by Crippen LogP contribution is -3.00. The summed E-state index contributed by atoms with van der Waals surface area (Å²) in [5, 5.41) is 3.32. The maximum atomic E-state index is 13.3. The van der Waals surface area contributed by atoms with Crippen LogP contribution in [-0.4, -0.2) is 11.1 Å². The van der Waals surface area contributed by atoms with E-state index in [-0.39, 0.29) is 18.2 Å². The van der Waals surface area contributed by atoms with Crippen LogP contribution in [0, 0.1) is 5.82 Å². The minimum atomic E-state index is -0.117. The molecule has 0 spiro atoms. The predicted molar refractivity (Wildman–Crippen MR) is 67.2 cm³/mol. The Balaban J connectivity index is 0.00000162. The number of hydrogen-bond donors (Lipinski definition) is 1. The summed E-state index contributed by atoms with van der Waals surface area (Å²) < 4.78 is 15.4. The number of nitrogens with zero attached hydrogens (tertiary/aromatic N) is 1. The summed E-state index contributed by atoms with van der Waals surface area (Å²) in [6, 6.07) is 11.0. The molecule has 0 bridgehead atoms. The monoisotopic (exact) mass is 267 g/mol. The summed E-state index contributed by atoms with van der Waals surface area (Å²) in [7, 11) is 2.02. The molecule has 4 heteroatoms. The van der Waals surface area contributed by atoms with Crippen molar-refractivity contribution in [3.63, 3.8) is 0 Å². The summed E-state index contributed by atoms with van der Waals surface area (Å²) in [5.41, 5.74) is 2.01. The molecule has 0 fully saturated rings. The average molecular weight is 268 g/mol. The van der Waals surface area contributed by atoms with E-state index in [4.69, 9.17) is 0 Å². The zero-order chi connectivity index (χ0) is 12.1. The van der Waals surface area contributed by atoms with E-state index in [9.17, 15) is 4.39 Å². The maximum Gasteiger partial charge on any atom is 0.126 e. The highest BCUT2D eigenvalue weighted by molar-refractivity contribution is 5.17. The quantitative estimate of drug-likeness (QED) is 0.723. The number of nitrogens with one attached hydrogen (secondary N) is 1. The molecule has 2 aromatic rings. The Morgan fingerprint density at radius 3 is 2.61 bits per heavy atom. The molecule has 0 amide bonds. The molecule has 0 unspecified atom stereocenters. The maximum absolute atomic E-state index is 13.3. The van der Waals surface area contributed by atoms with Gasteiger partial charge in [0.1, 0.15) is 5.82 Å². The second kappa shape index (κ2) is 7.19. The first kappa shape index (κ1) is 14.7. The third-order valence-corrected chi connectivity index (χ3v) is 2.89. The van der Waals surface area contributed by atoms with Gasteiger partial charge in [0.05, 0.1) is 0 Å². The van der Waals surface area contributed by atoms with Crippen LogP contribution in [0.2, 0.25) is 0 Å². The van der Waals surface area contributed by atoms with Gasteiger partial charge in [-0.1, -0.05) is 18.2 Å². The van der Waals surface area contributed by atoms with Crippen molar-refractivity contribution in [1.29, 1.82) is 0 Å². The molecule has 0 atom stereocenters. The molecule has 0 aliphatic rings. The van der Waals surface area contributed by atoms with Crippen LogP contribution in [-0.2, 0) is 20.0 Å². The smallest absolute Gasteiger partial charge is 0.126 e. The minimum Gasteiger partial charge on any atom is -1.00 e. The Bertz CT molecular complexity index is 482. The second-order valence-electron chi connectivity index (χ2n) is 4.13. The first-order chi connectivity index (χ1) is 8.27. The summed E-state index contributed by atoms with van der Waals surface area (Å²) in [6.07, 6.45) is 2.74. The van der Waals surface area contributed by atoms with Crippen molar-refractivity contribution in [2.75, 3.05) is 6.54 Å². The fourth-order valence-electron chi connectivity index (χ4n) is 1.82. The van der Waals surface area contributed by atoms with Gasteiger partial charge in [0.15, 0.2) is 0 Å². The van der Waals surface area contributed by atoms with Crippen molar-refractivity contribution in [3.8, 4) is 0 Å². The van der Waals surface area contributed by atoms with Crippen molar-refractivity contribution >= 4 is 0 Å². The minimum absolute atomic E-state index is 0. The molecular formula is C14H17ClFN2-. The third kappa shape index (κ3) is 3.86. The van der Waals surface area contributed by atoms with Gasteiger partial charge >= 0.3 is 0 Å². The SMILES string of the molecule is Cn1cccc1CNCCc1ccccc1F.[Cl-]. The normalized spacial score (nSPS) is 10.1. The fourth-order valence-corrected chi connectivity index (χ4v) is 1.82. The van der Waals surface area contributed by atoms with E-state index in [1.54, 1.807) is 6.07 Å². The van der Waals surface area contributed by atoms with E-state index in [1.807, 2.05) is 31.4 Å². The van der Waals surface area contributed by atoms with E-state index in [1.165, 1.54) is 11.8 Å². The Morgan fingerprint density at radius 2 is 1.94 bits per heavy atom. The standard InChI is InChI=1S/C14H17FN2.ClH/c1-17-10-4-6-13(17)11-16-9-8-12-5-2-3-7-14(12)15;/h2-7,10,16H,8-9,11H2,1H3;1H/p-1. The van der Waals surface area contributed by atoms with E-state index in [0.717, 1.165) is 25.1 Å². The van der Waals surface area contributed by atoms with Gasteiger partial charge in [-0.25, -0.2) is 4.39 Å². The zero-order valence-electron chi connectivity index (χ0n) is 10.4. The number of aromatic nitrogens is 1. The summed E-state index contributed by atoms with van der Waals surface area (Å²) >= 11 is 0. The summed E-state index contributed by atoms with van der Waals surface area (Å²) in [6.45, 7) is 1.60. The average Bonchev–Trinajstić information content (AvgIpc) is 2.73. The number of hydrogen-bond acceptors (Lipinski definition) is 1. The van der Waals surface area contributed by atoms with Gasteiger partial charge in [0, 0.05) is 25.5 Å². The molecule has 98 valence electrons. The van der Waals surface area contributed by atoms with Gasteiger partial charge in [-0.3, -0.25) is 0 Å². The Labute approximate surface area is 113 Å².